The Bertz CT molecular complexity index is 884. The number of amides is 3. The molecule has 0 spiro atoms. The van der Waals surface area contributed by atoms with Gasteiger partial charge in [-0.05, 0) is 24.3 Å². The van der Waals surface area contributed by atoms with Gasteiger partial charge in [0, 0.05) is 25.0 Å². The van der Waals surface area contributed by atoms with E-state index in [0.29, 0.717) is 5.69 Å². The molecule has 0 unspecified atom stereocenters. The molecule has 1 aromatic carbocycles. The van der Waals surface area contributed by atoms with Gasteiger partial charge in [0.05, 0.1) is 6.54 Å². The van der Waals surface area contributed by atoms with E-state index in [4.69, 9.17) is 4.74 Å². The van der Waals surface area contributed by atoms with E-state index >= 15 is 0 Å². The minimum absolute atomic E-state index is 0.0433. The van der Waals surface area contributed by atoms with Gasteiger partial charge in [-0.25, -0.2) is 14.2 Å². The predicted octanol–water partition coefficient (Wildman–Crippen LogP) is 1.49. The fourth-order valence-electron chi connectivity index (χ4n) is 1.92. The van der Waals surface area contributed by atoms with Crippen LogP contribution in [0.25, 0.3) is 0 Å². The van der Waals surface area contributed by atoms with Gasteiger partial charge in [-0.15, -0.1) is 11.3 Å². The molecule has 1 heterocycles. The first-order valence-electron chi connectivity index (χ1n) is 7.94. The summed E-state index contributed by atoms with van der Waals surface area (Å²) in [5.41, 5.74) is 0.343. The molecule has 0 aliphatic rings. The van der Waals surface area contributed by atoms with Crippen LogP contribution in [-0.4, -0.2) is 53.8 Å². The van der Waals surface area contributed by atoms with Gasteiger partial charge in [-0.1, -0.05) is 0 Å². The van der Waals surface area contributed by atoms with E-state index in [1.165, 1.54) is 43.6 Å². The van der Waals surface area contributed by atoms with Crippen LogP contribution < -0.4 is 10.6 Å². The number of carbonyl (C=O) groups is 4. The molecule has 11 heteroatoms. The van der Waals surface area contributed by atoms with Crippen molar-refractivity contribution in [3.05, 3.63) is 41.2 Å². The third-order valence-electron chi connectivity index (χ3n) is 3.26. The molecule has 148 valence electrons. The van der Waals surface area contributed by atoms with E-state index < -0.39 is 30.2 Å². The molecule has 0 aliphatic carbocycles. The van der Waals surface area contributed by atoms with Crippen LogP contribution in [-0.2, 0) is 19.1 Å². The van der Waals surface area contributed by atoms with Crippen LogP contribution in [0.2, 0.25) is 0 Å². The van der Waals surface area contributed by atoms with Gasteiger partial charge in [0.25, 0.3) is 5.91 Å². The molecule has 0 bridgehead atoms. The lowest BCUT2D eigenvalue weighted by molar-refractivity contribution is -0.136. The summed E-state index contributed by atoms with van der Waals surface area (Å²) < 4.78 is 17.7. The molecule has 28 heavy (non-hydrogen) atoms. The van der Waals surface area contributed by atoms with Gasteiger partial charge in [0.15, 0.2) is 17.4 Å². The Morgan fingerprint density at radius 2 is 1.86 bits per heavy atom. The molecule has 2 N–H and O–H groups in total. The van der Waals surface area contributed by atoms with Crippen LogP contribution in [0.4, 0.5) is 15.2 Å². The molecule has 2 rings (SSSR count). The van der Waals surface area contributed by atoms with Crippen LogP contribution in [0.15, 0.2) is 29.6 Å². The van der Waals surface area contributed by atoms with Crippen molar-refractivity contribution in [2.24, 2.45) is 0 Å². The number of anilines is 2. The number of rotatable bonds is 7. The number of carbonyl (C=O) groups excluding carboxylic acids is 4. The van der Waals surface area contributed by atoms with Crippen LogP contribution in [0.3, 0.4) is 0 Å². The highest BCUT2D eigenvalue weighted by molar-refractivity contribution is 7.14. The third kappa shape index (κ3) is 6.43. The largest absolute Gasteiger partial charge is 0.451 e. The Morgan fingerprint density at radius 1 is 1.18 bits per heavy atom. The van der Waals surface area contributed by atoms with Crippen LogP contribution >= 0.6 is 11.3 Å². The molecule has 2 aromatic rings. The van der Waals surface area contributed by atoms with E-state index in [2.05, 4.69) is 15.6 Å². The first-order chi connectivity index (χ1) is 13.2. The molecule has 0 saturated carbocycles. The molecular formula is C17H17FN4O5S. The van der Waals surface area contributed by atoms with Gasteiger partial charge in [-0.2, -0.15) is 0 Å². The van der Waals surface area contributed by atoms with E-state index in [0.717, 1.165) is 16.2 Å². The smallest absolute Gasteiger partial charge is 0.358 e. The summed E-state index contributed by atoms with van der Waals surface area (Å²) in [5.74, 6) is -2.68. The highest BCUT2D eigenvalue weighted by Crippen LogP contribution is 2.16. The van der Waals surface area contributed by atoms with Crippen LogP contribution in [0.1, 0.15) is 17.4 Å². The average Bonchev–Trinajstić information content (AvgIpc) is 3.09. The first kappa shape index (κ1) is 21.0. The summed E-state index contributed by atoms with van der Waals surface area (Å²) in [6, 6.07) is 5.17. The second-order valence-corrected chi connectivity index (χ2v) is 6.46. The van der Waals surface area contributed by atoms with Crippen molar-refractivity contribution in [1.29, 1.82) is 0 Å². The standard InChI is InChI=1S/C17H17FN4O5S/c1-10(23)19-17-21-13(9-28-17)16(26)27-8-15(25)22(2)7-14(24)20-12-5-3-11(18)4-6-12/h3-6,9H,7-8H2,1-2H3,(H,20,24)(H,19,21,23). The summed E-state index contributed by atoms with van der Waals surface area (Å²) in [7, 11) is 1.37. The fourth-order valence-corrected chi connectivity index (χ4v) is 2.65. The first-order valence-corrected chi connectivity index (χ1v) is 8.82. The summed E-state index contributed by atoms with van der Waals surface area (Å²) in [6.07, 6.45) is 0. The van der Waals surface area contributed by atoms with Crippen LogP contribution in [0.5, 0.6) is 0 Å². The van der Waals surface area contributed by atoms with Crippen molar-refractivity contribution >= 4 is 45.8 Å². The maximum Gasteiger partial charge on any atom is 0.358 e. The summed E-state index contributed by atoms with van der Waals surface area (Å²) in [5, 5.41) is 6.56. The number of aromatic nitrogens is 1. The number of thiazole rings is 1. The third-order valence-corrected chi connectivity index (χ3v) is 4.02. The summed E-state index contributed by atoms with van der Waals surface area (Å²) >= 11 is 1.04. The fraction of sp³-hybridized carbons (Fsp3) is 0.235. The lowest BCUT2D eigenvalue weighted by Crippen LogP contribution is -2.37. The van der Waals surface area contributed by atoms with Crippen molar-refractivity contribution < 1.29 is 28.3 Å². The Labute approximate surface area is 163 Å². The monoisotopic (exact) mass is 408 g/mol. The Hall–Kier alpha value is -3.34. The molecular weight excluding hydrogens is 391 g/mol. The van der Waals surface area contributed by atoms with Gasteiger partial charge in [0.1, 0.15) is 5.82 Å². The molecule has 1 aromatic heterocycles. The molecule has 0 radical (unpaired) electrons. The van der Waals surface area contributed by atoms with Crippen molar-refractivity contribution in [2.45, 2.75) is 6.92 Å². The molecule has 0 saturated heterocycles. The Kier molecular flexibility index (Phi) is 7.15. The number of esters is 1. The molecule has 3 amide bonds. The predicted molar refractivity (Wildman–Crippen MR) is 99.4 cm³/mol. The van der Waals surface area contributed by atoms with Crippen molar-refractivity contribution in [2.75, 3.05) is 30.8 Å². The zero-order valence-corrected chi connectivity index (χ0v) is 15.8. The number of nitrogens with one attached hydrogen (secondary N) is 2. The quantitative estimate of drug-likeness (QED) is 0.671. The van der Waals surface area contributed by atoms with Crippen LogP contribution in [0, 0.1) is 5.82 Å². The minimum Gasteiger partial charge on any atom is -0.451 e. The zero-order chi connectivity index (χ0) is 20.7. The summed E-state index contributed by atoms with van der Waals surface area (Å²) in [4.78, 5) is 51.7. The van der Waals surface area contributed by atoms with E-state index in [1.807, 2.05) is 0 Å². The lowest BCUT2D eigenvalue weighted by atomic mass is 10.3. The second-order valence-electron chi connectivity index (χ2n) is 5.60. The average molecular weight is 408 g/mol. The van der Waals surface area contributed by atoms with Crippen molar-refractivity contribution in [3.8, 4) is 0 Å². The molecule has 9 nitrogen and oxygen atoms in total. The zero-order valence-electron chi connectivity index (χ0n) is 15.0. The SMILES string of the molecule is CC(=O)Nc1nc(C(=O)OCC(=O)N(C)CC(=O)Nc2ccc(F)cc2)cs1. The van der Waals surface area contributed by atoms with Crippen molar-refractivity contribution in [1.82, 2.24) is 9.88 Å². The maximum atomic E-state index is 12.8. The number of nitrogens with zero attached hydrogens (tertiary/aromatic N) is 2. The van der Waals surface area contributed by atoms with E-state index in [9.17, 15) is 23.6 Å². The summed E-state index contributed by atoms with van der Waals surface area (Å²) in [6.45, 7) is 0.448. The highest BCUT2D eigenvalue weighted by atomic mass is 32.1. The minimum atomic E-state index is -0.828. The second kappa shape index (κ2) is 9.55. The van der Waals surface area contributed by atoms with E-state index in [1.54, 1.807) is 0 Å². The highest BCUT2D eigenvalue weighted by Gasteiger charge is 2.18. The van der Waals surface area contributed by atoms with E-state index in [-0.39, 0.29) is 23.3 Å². The maximum absolute atomic E-state index is 12.8. The number of ether oxygens (including phenoxy) is 1. The topological polar surface area (TPSA) is 118 Å². The Balaban J connectivity index is 1.79. The molecule has 0 fully saturated rings. The number of likely N-dealkylation sites (N-methyl/N-ethyl adjacent to an activating group) is 1. The van der Waals surface area contributed by atoms with Gasteiger partial charge < -0.3 is 20.3 Å². The molecule has 0 atom stereocenters. The van der Waals surface area contributed by atoms with Gasteiger partial charge in [-0.3, -0.25) is 14.4 Å². The number of halogens is 1. The normalized spacial score (nSPS) is 10.1. The lowest BCUT2D eigenvalue weighted by Gasteiger charge is -2.16. The number of benzene rings is 1. The van der Waals surface area contributed by atoms with Gasteiger partial charge >= 0.3 is 5.97 Å². The Morgan fingerprint density at radius 3 is 2.50 bits per heavy atom. The molecule has 0 aliphatic heterocycles. The van der Waals surface area contributed by atoms with Crippen molar-refractivity contribution in [3.63, 3.8) is 0 Å². The van der Waals surface area contributed by atoms with Gasteiger partial charge in [0.2, 0.25) is 11.8 Å². The number of hydrogen-bond acceptors (Lipinski definition) is 7. The number of hydrogen-bond donors (Lipinski definition) is 2.